The highest BCUT2D eigenvalue weighted by Crippen LogP contribution is 2.21. The van der Waals surface area contributed by atoms with Gasteiger partial charge < -0.3 is 0 Å². The number of hydrogen-bond acceptors (Lipinski definition) is 2. The monoisotopic (exact) mass is 262 g/mol. The van der Waals surface area contributed by atoms with Crippen LogP contribution in [-0.2, 0) is 6.42 Å². The summed E-state index contributed by atoms with van der Waals surface area (Å²) in [5, 5.41) is 0. The Hall–Kier alpha value is -0.190. The Morgan fingerprint density at radius 2 is 2.09 bits per heavy atom. The molecule has 1 rings (SSSR count). The summed E-state index contributed by atoms with van der Waals surface area (Å²) in [5.41, 5.74) is 2.24. The molecule has 0 bridgehead atoms. The van der Waals surface area contributed by atoms with Gasteiger partial charge in [-0.1, -0.05) is 29.5 Å². The first-order valence-corrected chi connectivity index (χ1v) is 4.94. The molecule has 1 atom stereocenters. The second-order valence-electron chi connectivity index (χ2n) is 2.36. The minimum absolute atomic E-state index is 0.455. The van der Waals surface area contributed by atoms with E-state index in [0.717, 1.165) is 17.8 Å². The third-order valence-electron chi connectivity index (χ3n) is 1.52. The Balaban J connectivity index is 3.02. The van der Waals surface area contributed by atoms with E-state index in [0.29, 0.717) is 3.92 Å². The van der Waals surface area contributed by atoms with Crippen molar-refractivity contribution in [2.75, 3.05) is 0 Å². The smallest absolute Gasteiger partial charge is 0.0744 e. The second-order valence-corrected chi connectivity index (χ2v) is 4.23. The van der Waals surface area contributed by atoms with E-state index in [1.54, 1.807) is 12.4 Å². The predicted molar refractivity (Wildman–Crippen MR) is 53.8 cm³/mol. The average Bonchev–Trinajstić information content (AvgIpc) is 2.04. The van der Waals surface area contributed by atoms with Gasteiger partial charge in [-0.25, -0.2) is 0 Å². The normalized spacial score (nSPS) is 13.0. The van der Waals surface area contributed by atoms with Crippen molar-refractivity contribution in [2.24, 2.45) is 0 Å². The van der Waals surface area contributed by atoms with E-state index in [2.05, 4.69) is 46.4 Å². The summed E-state index contributed by atoms with van der Waals surface area (Å²) in [6.45, 7) is 4.23. The van der Waals surface area contributed by atoms with Gasteiger partial charge in [-0.2, -0.15) is 0 Å². The molecule has 1 aromatic rings. The molecule has 1 heterocycles. The molecular formula is C8H11IN2. The quantitative estimate of drug-likeness (QED) is 0.604. The number of aryl methyl sites for hydroxylation is 1. The van der Waals surface area contributed by atoms with E-state index in [1.165, 1.54) is 0 Å². The molecule has 0 saturated carbocycles. The summed E-state index contributed by atoms with van der Waals surface area (Å²) in [7, 11) is 0. The van der Waals surface area contributed by atoms with Crippen LogP contribution in [0.25, 0.3) is 0 Å². The summed E-state index contributed by atoms with van der Waals surface area (Å²) < 4.78 is 0.455. The SMILES string of the molecule is CCc1nccnc1C(C)I. The standard InChI is InChI=1S/C8H11IN2/c1-3-7-8(6(2)9)11-5-4-10-7/h4-6H,3H2,1-2H3. The Morgan fingerprint density at radius 3 is 2.55 bits per heavy atom. The van der Waals surface area contributed by atoms with Crippen LogP contribution < -0.4 is 0 Å². The van der Waals surface area contributed by atoms with E-state index in [4.69, 9.17) is 0 Å². The van der Waals surface area contributed by atoms with Gasteiger partial charge >= 0.3 is 0 Å². The first kappa shape index (κ1) is 8.90. The Labute approximate surface area is 80.6 Å². The molecule has 1 aromatic heterocycles. The van der Waals surface area contributed by atoms with Gasteiger partial charge in [0.1, 0.15) is 0 Å². The fourth-order valence-electron chi connectivity index (χ4n) is 0.982. The number of alkyl halides is 1. The van der Waals surface area contributed by atoms with E-state index >= 15 is 0 Å². The molecule has 3 heteroatoms. The second kappa shape index (κ2) is 3.99. The van der Waals surface area contributed by atoms with Gasteiger partial charge in [0.25, 0.3) is 0 Å². The summed E-state index contributed by atoms with van der Waals surface area (Å²) in [6, 6.07) is 0. The molecule has 60 valence electrons. The topological polar surface area (TPSA) is 25.8 Å². The van der Waals surface area contributed by atoms with Crippen molar-refractivity contribution in [2.45, 2.75) is 24.2 Å². The lowest BCUT2D eigenvalue weighted by Crippen LogP contribution is -1.98. The van der Waals surface area contributed by atoms with Gasteiger partial charge in [0, 0.05) is 12.4 Å². The van der Waals surface area contributed by atoms with Crippen molar-refractivity contribution in [3.63, 3.8) is 0 Å². The zero-order valence-electron chi connectivity index (χ0n) is 6.71. The van der Waals surface area contributed by atoms with Crippen LogP contribution in [0.2, 0.25) is 0 Å². The molecule has 2 nitrogen and oxygen atoms in total. The lowest BCUT2D eigenvalue weighted by molar-refractivity contribution is 0.906. The van der Waals surface area contributed by atoms with Crippen molar-refractivity contribution in [3.05, 3.63) is 23.8 Å². The van der Waals surface area contributed by atoms with Crippen LogP contribution in [0.1, 0.15) is 29.2 Å². The zero-order valence-corrected chi connectivity index (χ0v) is 8.87. The molecule has 0 aromatic carbocycles. The maximum Gasteiger partial charge on any atom is 0.0744 e. The summed E-state index contributed by atoms with van der Waals surface area (Å²) in [4.78, 5) is 8.53. The van der Waals surface area contributed by atoms with Gasteiger partial charge in [-0.15, -0.1) is 0 Å². The minimum atomic E-state index is 0.455. The van der Waals surface area contributed by atoms with Crippen LogP contribution in [0.3, 0.4) is 0 Å². The fraction of sp³-hybridized carbons (Fsp3) is 0.500. The predicted octanol–water partition coefficient (Wildman–Crippen LogP) is 2.54. The number of nitrogens with zero attached hydrogens (tertiary/aromatic N) is 2. The molecular weight excluding hydrogens is 251 g/mol. The van der Waals surface area contributed by atoms with Crippen molar-refractivity contribution in [1.82, 2.24) is 9.97 Å². The number of rotatable bonds is 2. The van der Waals surface area contributed by atoms with E-state index in [1.807, 2.05) is 0 Å². The van der Waals surface area contributed by atoms with Crippen LogP contribution in [0, 0.1) is 0 Å². The Bertz CT molecular complexity index is 235. The summed E-state index contributed by atoms with van der Waals surface area (Å²) in [5.74, 6) is 0. The molecule has 0 amide bonds. The number of halogens is 1. The van der Waals surface area contributed by atoms with Crippen molar-refractivity contribution < 1.29 is 0 Å². The van der Waals surface area contributed by atoms with Gasteiger partial charge in [0.15, 0.2) is 0 Å². The summed E-state index contributed by atoms with van der Waals surface area (Å²) in [6.07, 6.45) is 4.47. The van der Waals surface area contributed by atoms with Crippen molar-refractivity contribution >= 4 is 22.6 Å². The molecule has 0 aliphatic heterocycles. The third kappa shape index (κ3) is 2.12. The molecule has 0 radical (unpaired) electrons. The first-order chi connectivity index (χ1) is 5.25. The van der Waals surface area contributed by atoms with Crippen LogP contribution in [0.4, 0.5) is 0 Å². The van der Waals surface area contributed by atoms with Gasteiger partial charge in [0.2, 0.25) is 0 Å². The lowest BCUT2D eigenvalue weighted by atomic mass is 10.2. The van der Waals surface area contributed by atoms with Gasteiger partial charge in [0.05, 0.1) is 15.3 Å². The third-order valence-corrected chi connectivity index (χ3v) is 2.11. The molecule has 0 saturated heterocycles. The van der Waals surface area contributed by atoms with Crippen LogP contribution in [-0.4, -0.2) is 9.97 Å². The minimum Gasteiger partial charge on any atom is -0.258 e. The average molecular weight is 262 g/mol. The van der Waals surface area contributed by atoms with Gasteiger partial charge in [-0.05, 0) is 13.3 Å². The van der Waals surface area contributed by atoms with E-state index in [-0.39, 0.29) is 0 Å². The highest BCUT2D eigenvalue weighted by Gasteiger charge is 2.07. The Morgan fingerprint density at radius 1 is 1.45 bits per heavy atom. The summed E-state index contributed by atoms with van der Waals surface area (Å²) >= 11 is 2.35. The van der Waals surface area contributed by atoms with Crippen LogP contribution >= 0.6 is 22.6 Å². The van der Waals surface area contributed by atoms with Gasteiger partial charge in [-0.3, -0.25) is 9.97 Å². The lowest BCUT2D eigenvalue weighted by Gasteiger charge is -2.05. The molecule has 0 spiro atoms. The molecule has 1 unspecified atom stereocenters. The first-order valence-electron chi connectivity index (χ1n) is 3.69. The molecule has 0 N–H and O–H groups in total. The Kier molecular flexibility index (Phi) is 3.23. The van der Waals surface area contributed by atoms with Crippen LogP contribution in [0.5, 0.6) is 0 Å². The number of hydrogen-bond donors (Lipinski definition) is 0. The molecule has 0 fully saturated rings. The largest absolute Gasteiger partial charge is 0.258 e. The highest BCUT2D eigenvalue weighted by molar-refractivity contribution is 14.1. The van der Waals surface area contributed by atoms with Crippen molar-refractivity contribution in [1.29, 1.82) is 0 Å². The molecule has 11 heavy (non-hydrogen) atoms. The number of aromatic nitrogens is 2. The van der Waals surface area contributed by atoms with Crippen molar-refractivity contribution in [3.8, 4) is 0 Å². The molecule has 0 aliphatic rings. The van der Waals surface area contributed by atoms with E-state index < -0.39 is 0 Å². The van der Waals surface area contributed by atoms with Crippen LogP contribution in [0.15, 0.2) is 12.4 Å². The highest BCUT2D eigenvalue weighted by atomic mass is 127. The van der Waals surface area contributed by atoms with E-state index in [9.17, 15) is 0 Å². The zero-order chi connectivity index (χ0) is 8.27. The maximum absolute atomic E-state index is 4.28. The maximum atomic E-state index is 4.28. The fourth-order valence-corrected chi connectivity index (χ4v) is 1.50. The molecule has 0 aliphatic carbocycles.